The Balaban J connectivity index is 1.09. The number of carbonyl (C=O) groups excluding carboxylic acids is 1. The monoisotopic (exact) mass is 634 g/mol. The maximum absolute atomic E-state index is 12.8. The first-order valence-corrected chi connectivity index (χ1v) is 14.8. The van der Waals surface area contributed by atoms with Crippen molar-refractivity contribution in [3.8, 4) is 11.4 Å². The number of ether oxygens (including phenoxy) is 1. The Labute approximate surface area is 258 Å². The molecule has 3 heterocycles. The molecule has 6 aromatic rings. The van der Waals surface area contributed by atoms with E-state index < -0.39 is 5.91 Å². The van der Waals surface area contributed by atoms with E-state index >= 15 is 0 Å². The minimum Gasteiger partial charge on any atom is -0.486 e. The molecule has 43 heavy (non-hydrogen) atoms. The summed E-state index contributed by atoms with van der Waals surface area (Å²) in [4.78, 5) is 12.8. The van der Waals surface area contributed by atoms with Gasteiger partial charge in [-0.1, -0.05) is 46.3 Å². The van der Waals surface area contributed by atoms with Crippen molar-refractivity contribution in [3.63, 3.8) is 0 Å². The van der Waals surface area contributed by atoms with Crippen LogP contribution < -0.4 is 10.2 Å². The molecule has 216 valence electrons. The van der Waals surface area contributed by atoms with Gasteiger partial charge in [-0.05, 0) is 93.1 Å². The number of benzene rings is 3. The molecule has 7 nitrogen and oxygen atoms in total. The van der Waals surface area contributed by atoms with Crippen molar-refractivity contribution in [3.05, 3.63) is 141 Å². The number of rotatable bonds is 9. The number of hydrogen-bond acceptors (Lipinski definition) is 4. The SMILES string of the molecule is Cc1ccc(C)n1-c1ccc(OCc2ccc(C(=O)N/N=C/c3c(C)n(Cc4ccc(Br)cc4)c4ccccc34)o2)cc1. The highest BCUT2D eigenvalue weighted by Crippen LogP contribution is 2.26. The lowest BCUT2D eigenvalue weighted by atomic mass is 10.1. The third kappa shape index (κ3) is 6.05. The molecule has 0 bridgehead atoms. The summed E-state index contributed by atoms with van der Waals surface area (Å²) in [5, 5.41) is 5.34. The van der Waals surface area contributed by atoms with Crippen LogP contribution in [-0.4, -0.2) is 21.3 Å². The summed E-state index contributed by atoms with van der Waals surface area (Å²) in [6.45, 7) is 7.16. The second-order valence-electron chi connectivity index (χ2n) is 10.4. The van der Waals surface area contributed by atoms with Gasteiger partial charge >= 0.3 is 5.91 Å². The molecular weight excluding hydrogens is 604 g/mol. The zero-order valence-electron chi connectivity index (χ0n) is 24.2. The normalized spacial score (nSPS) is 11.4. The standard InChI is InChI=1S/C35H31BrN4O3/c1-23-8-9-24(2)40(23)28-14-16-29(17-15-28)42-22-30-18-19-34(43-30)35(41)38-37-20-32-25(3)39(33-7-5-4-6-31(32)33)21-26-10-12-27(36)13-11-26/h4-20H,21-22H2,1-3H3,(H,38,41)/b37-20+. The number of nitrogens with zero attached hydrogens (tertiary/aromatic N) is 3. The third-order valence-corrected chi connectivity index (χ3v) is 8.05. The predicted octanol–water partition coefficient (Wildman–Crippen LogP) is 8.10. The Kier molecular flexibility index (Phi) is 8.03. The Bertz CT molecular complexity index is 1910. The van der Waals surface area contributed by atoms with Crippen LogP contribution in [0.3, 0.4) is 0 Å². The van der Waals surface area contributed by atoms with Gasteiger partial charge in [0.05, 0.1) is 6.21 Å². The van der Waals surface area contributed by atoms with Crippen LogP contribution in [0.15, 0.2) is 111 Å². The van der Waals surface area contributed by atoms with Crippen LogP contribution in [0.4, 0.5) is 0 Å². The molecule has 6 rings (SSSR count). The van der Waals surface area contributed by atoms with Crippen LogP contribution in [0.2, 0.25) is 0 Å². The van der Waals surface area contributed by atoms with Crippen molar-refractivity contribution in [2.75, 3.05) is 0 Å². The highest BCUT2D eigenvalue weighted by atomic mass is 79.9. The van der Waals surface area contributed by atoms with Gasteiger partial charge in [-0.15, -0.1) is 0 Å². The number of furan rings is 1. The Morgan fingerprint density at radius 1 is 0.907 bits per heavy atom. The zero-order valence-corrected chi connectivity index (χ0v) is 25.8. The summed E-state index contributed by atoms with van der Waals surface area (Å²) in [5.41, 5.74) is 10.3. The molecule has 0 saturated carbocycles. The molecule has 3 aromatic carbocycles. The summed E-state index contributed by atoms with van der Waals surface area (Å²) in [6.07, 6.45) is 1.70. The summed E-state index contributed by atoms with van der Waals surface area (Å²) < 4.78 is 17.1. The topological polar surface area (TPSA) is 73.7 Å². The Morgan fingerprint density at radius 3 is 2.37 bits per heavy atom. The molecule has 0 fully saturated rings. The molecule has 0 spiro atoms. The maximum Gasteiger partial charge on any atom is 0.307 e. The van der Waals surface area contributed by atoms with Gasteiger partial charge in [-0.3, -0.25) is 4.79 Å². The summed E-state index contributed by atoms with van der Waals surface area (Å²) in [6, 6.07) is 32.0. The van der Waals surface area contributed by atoms with E-state index in [2.05, 4.69) is 92.8 Å². The number of halogens is 1. The van der Waals surface area contributed by atoms with Gasteiger partial charge in [-0.25, -0.2) is 5.43 Å². The zero-order chi connectivity index (χ0) is 29.9. The maximum atomic E-state index is 12.8. The lowest BCUT2D eigenvalue weighted by Crippen LogP contribution is -2.16. The number of fused-ring (bicyclic) bond motifs is 1. The first-order chi connectivity index (χ1) is 20.9. The van der Waals surface area contributed by atoms with Crippen molar-refractivity contribution in [2.24, 2.45) is 5.10 Å². The largest absolute Gasteiger partial charge is 0.486 e. The number of amides is 1. The first kappa shape index (κ1) is 28.3. The third-order valence-electron chi connectivity index (χ3n) is 7.53. The fraction of sp³-hybridized carbons (Fsp3) is 0.143. The van der Waals surface area contributed by atoms with Crippen molar-refractivity contribution in [1.29, 1.82) is 0 Å². The van der Waals surface area contributed by atoms with Crippen molar-refractivity contribution in [1.82, 2.24) is 14.6 Å². The average molecular weight is 636 g/mol. The molecule has 0 radical (unpaired) electrons. The molecular formula is C35H31BrN4O3. The fourth-order valence-electron chi connectivity index (χ4n) is 5.31. The van der Waals surface area contributed by atoms with Crippen LogP contribution in [0.5, 0.6) is 5.75 Å². The van der Waals surface area contributed by atoms with Gasteiger partial charge < -0.3 is 18.3 Å². The number of aryl methyl sites for hydroxylation is 2. The lowest BCUT2D eigenvalue weighted by molar-refractivity contribution is 0.0923. The van der Waals surface area contributed by atoms with E-state index in [1.807, 2.05) is 48.5 Å². The van der Waals surface area contributed by atoms with Crippen LogP contribution >= 0.6 is 15.9 Å². The smallest absolute Gasteiger partial charge is 0.307 e. The highest BCUT2D eigenvalue weighted by Gasteiger charge is 2.14. The molecule has 1 N–H and O–H groups in total. The molecule has 3 aromatic heterocycles. The number of hydrazone groups is 1. The van der Waals surface area contributed by atoms with E-state index in [-0.39, 0.29) is 12.4 Å². The van der Waals surface area contributed by atoms with Crippen LogP contribution in [0.25, 0.3) is 16.6 Å². The van der Waals surface area contributed by atoms with E-state index in [1.54, 1.807) is 18.3 Å². The summed E-state index contributed by atoms with van der Waals surface area (Å²) >= 11 is 3.50. The van der Waals surface area contributed by atoms with Gasteiger partial charge in [0.25, 0.3) is 0 Å². The van der Waals surface area contributed by atoms with Gasteiger partial charge in [0.15, 0.2) is 5.76 Å². The van der Waals surface area contributed by atoms with E-state index in [0.29, 0.717) is 11.5 Å². The molecule has 8 heteroatoms. The molecule has 0 saturated heterocycles. The second kappa shape index (κ2) is 12.2. The number of aromatic nitrogens is 2. The fourth-order valence-corrected chi connectivity index (χ4v) is 5.57. The van der Waals surface area contributed by atoms with E-state index in [4.69, 9.17) is 9.15 Å². The highest BCUT2D eigenvalue weighted by molar-refractivity contribution is 9.10. The summed E-state index contributed by atoms with van der Waals surface area (Å²) in [5.74, 6) is 0.995. The predicted molar refractivity (Wildman–Crippen MR) is 173 cm³/mol. The van der Waals surface area contributed by atoms with Gasteiger partial charge in [0, 0.05) is 50.3 Å². The van der Waals surface area contributed by atoms with Crippen molar-refractivity contribution < 1.29 is 13.9 Å². The van der Waals surface area contributed by atoms with Gasteiger partial charge in [0.1, 0.15) is 18.1 Å². The molecule has 0 aliphatic rings. The molecule has 0 atom stereocenters. The molecule has 0 aliphatic heterocycles. The van der Waals surface area contributed by atoms with Gasteiger partial charge in [-0.2, -0.15) is 5.10 Å². The minimum atomic E-state index is -0.430. The van der Waals surface area contributed by atoms with E-state index in [9.17, 15) is 4.79 Å². The number of carbonyl (C=O) groups is 1. The lowest BCUT2D eigenvalue weighted by Gasteiger charge is -2.10. The number of para-hydroxylation sites is 1. The van der Waals surface area contributed by atoms with E-state index in [0.717, 1.165) is 38.9 Å². The molecule has 0 unspecified atom stereocenters. The van der Waals surface area contributed by atoms with Crippen molar-refractivity contribution >= 4 is 39.0 Å². The summed E-state index contributed by atoms with van der Waals surface area (Å²) in [7, 11) is 0. The van der Waals surface area contributed by atoms with Crippen LogP contribution in [0.1, 0.15) is 44.5 Å². The second-order valence-corrected chi connectivity index (χ2v) is 11.3. The minimum absolute atomic E-state index is 0.166. The Hall–Kier alpha value is -4.82. The quantitative estimate of drug-likeness (QED) is 0.129. The van der Waals surface area contributed by atoms with Crippen molar-refractivity contribution in [2.45, 2.75) is 33.9 Å². The molecule has 0 aliphatic carbocycles. The number of hydrogen-bond donors (Lipinski definition) is 1. The van der Waals surface area contributed by atoms with Crippen LogP contribution in [-0.2, 0) is 13.2 Å². The number of nitrogens with one attached hydrogen (secondary N) is 1. The van der Waals surface area contributed by atoms with E-state index in [1.165, 1.54) is 17.0 Å². The average Bonchev–Trinajstić information content (AvgIpc) is 3.70. The first-order valence-electron chi connectivity index (χ1n) is 14.0. The van der Waals surface area contributed by atoms with Gasteiger partial charge in [0.2, 0.25) is 0 Å². The van der Waals surface area contributed by atoms with Crippen LogP contribution in [0, 0.1) is 20.8 Å². The molecule has 1 amide bonds. The Morgan fingerprint density at radius 2 is 1.63 bits per heavy atom.